The normalized spacial score (nSPS) is 15.9. The molecule has 120 valence electrons. The average Bonchev–Trinajstić information content (AvgIpc) is 2.89. The first-order valence-corrected chi connectivity index (χ1v) is 8.34. The smallest absolute Gasteiger partial charge is 0.273 e. The first-order valence-electron chi connectivity index (χ1n) is 7.12. The van der Waals surface area contributed by atoms with Gasteiger partial charge >= 0.3 is 0 Å². The summed E-state index contributed by atoms with van der Waals surface area (Å²) in [4.78, 5) is 26.8. The second kappa shape index (κ2) is 6.98. The lowest BCUT2D eigenvalue weighted by Gasteiger charge is -2.14. The third-order valence-electron chi connectivity index (χ3n) is 3.43. The molecule has 0 spiro atoms. The van der Waals surface area contributed by atoms with Crippen molar-refractivity contribution in [1.82, 2.24) is 4.90 Å². The molecule has 0 bridgehead atoms. The predicted molar refractivity (Wildman–Crippen MR) is 98.8 cm³/mol. The summed E-state index contributed by atoms with van der Waals surface area (Å²) >= 11 is 6.35. The molecule has 2 aromatic rings. The van der Waals surface area contributed by atoms with Crippen molar-refractivity contribution in [1.29, 1.82) is 0 Å². The minimum Gasteiger partial charge on any atom is -0.496 e. The van der Waals surface area contributed by atoms with Crippen LogP contribution in [0.3, 0.4) is 0 Å². The quantitative estimate of drug-likeness (QED) is 0.477. The van der Waals surface area contributed by atoms with E-state index in [9.17, 15) is 9.59 Å². The number of hydrogen-bond acceptors (Lipinski definition) is 5. The Bertz CT molecular complexity index is 846. The molecule has 1 aliphatic heterocycles. The fourth-order valence-electron chi connectivity index (χ4n) is 2.29. The zero-order valence-corrected chi connectivity index (χ0v) is 14.4. The molecule has 3 rings (SSSR count). The summed E-state index contributed by atoms with van der Waals surface area (Å²) in [5.74, 6) is -0.486. The van der Waals surface area contributed by atoms with Crippen LogP contribution >= 0.6 is 24.0 Å². The molecular formula is C18H13NO3S2. The monoisotopic (exact) mass is 355 g/mol. The van der Waals surface area contributed by atoms with Gasteiger partial charge in [-0.2, -0.15) is 0 Å². The molecule has 0 atom stereocenters. The minimum atomic E-state index is -0.480. The Morgan fingerprint density at radius 1 is 1.12 bits per heavy atom. The molecule has 0 N–H and O–H groups in total. The summed E-state index contributed by atoms with van der Waals surface area (Å²) < 4.78 is 5.42. The molecule has 24 heavy (non-hydrogen) atoms. The summed E-state index contributed by atoms with van der Waals surface area (Å²) in [5, 5.41) is 0. The maximum absolute atomic E-state index is 12.7. The van der Waals surface area contributed by atoms with Crippen molar-refractivity contribution >= 4 is 46.2 Å². The number of thioether (sulfide) groups is 1. The van der Waals surface area contributed by atoms with E-state index < -0.39 is 11.8 Å². The highest BCUT2D eigenvalue weighted by molar-refractivity contribution is 8.26. The number of ether oxygens (including phenoxy) is 1. The van der Waals surface area contributed by atoms with E-state index in [1.54, 1.807) is 30.3 Å². The number of carbonyl (C=O) groups excluding carboxylic acids is 2. The van der Waals surface area contributed by atoms with Gasteiger partial charge in [-0.05, 0) is 23.8 Å². The molecule has 2 amide bonds. The molecule has 0 saturated carbocycles. The molecule has 0 unspecified atom stereocenters. The summed E-state index contributed by atoms with van der Waals surface area (Å²) in [6.45, 7) is 0. The van der Waals surface area contributed by atoms with E-state index in [0.717, 1.165) is 22.2 Å². The van der Waals surface area contributed by atoms with Crippen LogP contribution in [0.2, 0.25) is 0 Å². The molecule has 1 heterocycles. The molecular weight excluding hydrogens is 342 g/mol. The molecule has 0 radical (unpaired) electrons. The predicted octanol–water partition coefficient (Wildman–Crippen LogP) is 3.74. The van der Waals surface area contributed by atoms with Crippen molar-refractivity contribution in [3.8, 4) is 5.75 Å². The Labute approximate surface area is 149 Å². The number of amides is 2. The maximum atomic E-state index is 12.7. The van der Waals surface area contributed by atoms with Crippen molar-refractivity contribution in [2.45, 2.75) is 0 Å². The van der Waals surface area contributed by atoms with Gasteiger partial charge in [-0.3, -0.25) is 9.59 Å². The van der Waals surface area contributed by atoms with Crippen molar-refractivity contribution < 1.29 is 14.3 Å². The highest BCUT2D eigenvalue weighted by Gasteiger charge is 2.38. The van der Waals surface area contributed by atoms with Gasteiger partial charge in [0.15, 0.2) is 4.32 Å². The van der Waals surface area contributed by atoms with Crippen molar-refractivity contribution in [2.75, 3.05) is 7.11 Å². The Balaban J connectivity index is 1.92. The van der Waals surface area contributed by atoms with E-state index in [4.69, 9.17) is 17.0 Å². The van der Waals surface area contributed by atoms with Gasteiger partial charge in [0.05, 0.1) is 17.6 Å². The van der Waals surface area contributed by atoms with E-state index in [0.29, 0.717) is 16.2 Å². The van der Waals surface area contributed by atoms with E-state index in [2.05, 4.69) is 0 Å². The van der Waals surface area contributed by atoms with Gasteiger partial charge in [0.25, 0.3) is 11.8 Å². The number of thiocarbonyl (C=S) groups is 1. The highest BCUT2D eigenvalue weighted by Crippen LogP contribution is 2.34. The number of nitrogens with zero attached hydrogens (tertiary/aromatic N) is 1. The summed E-state index contributed by atoms with van der Waals surface area (Å²) in [7, 11) is 1.48. The first-order chi connectivity index (χ1) is 11.6. The van der Waals surface area contributed by atoms with Gasteiger partial charge in [-0.1, -0.05) is 66.4 Å². The maximum Gasteiger partial charge on any atom is 0.273 e. The van der Waals surface area contributed by atoms with E-state index in [-0.39, 0.29) is 4.32 Å². The number of rotatable bonds is 3. The number of hydrogen-bond donors (Lipinski definition) is 0. The topological polar surface area (TPSA) is 46.6 Å². The lowest BCUT2D eigenvalue weighted by Crippen LogP contribution is -2.34. The van der Waals surface area contributed by atoms with Crippen LogP contribution < -0.4 is 4.74 Å². The van der Waals surface area contributed by atoms with Crippen LogP contribution in [0.1, 0.15) is 15.9 Å². The van der Waals surface area contributed by atoms with E-state index >= 15 is 0 Å². The zero-order valence-electron chi connectivity index (χ0n) is 12.8. The number of para-hydroxylation sites is 1. The van der Waals surface area contributed by atoms with Crippen LogP contribution in [-0.4, -0.2) is 28.1 Å². The SMILES string of the molecule is COc1ccccc1C(=O)N1C(=O)/C(=C/c2ccccc2)SC1=S. The fourth-order valence-corrected chi connectivity index (χ4v) is 3.54. The summed E-state index contributed by atoms with van der Waals surface area (Å²) in [6.07, 6.45) is 1.73. The largest absolute Gasteiger partial charge is 0.496 e. The lowest BCUT2D eigenvalue weighted by atomic mass is 10.1. The van der Waals surface area contributed by atoms with Gasteiger partial charge in [0, 0.05) is 0 Å². The third kappa shape index (κ3) is 3.11. The number of methoxy groups -OCH3 is 1. The number of benzene rings is 2. The average molecular weight is 355 g/mol. The Hall–Kier alpha value is -2.44. The molecule has 1 fully saturated rings. The van der Waals surface area contributed by atoms with Crippen LogP contribution in [0.25, 0.3) is 6.08 Å². The van der Waals surface area contributed by atoms with Crippen LogP contribution in [0.4, 0.5) is 0 Å². The Morgan fingerprint density at radius 2 is 1.79 bits per heavy atom. The van der Waals surface area contributed by atoms with Crippen molar-refractivity contribution in [3.05, 3.63) is 70.6 Å². The lowest BCUT2D eigenvalue weighted by molar-refractivity contribution is -0.120. The van der Waals surface area contributed by atoms with Gasteiger partial charge in [-0.15, -0.1) is 0 Å². The third-order valence-corrected chi connectivity index (χ3v) is 4.73. The highest BCUT2D eigenvalue weighted by atomic mass is 32.2. The van der Waals surface area contributed by atoms with Crippen molar-refractivity contribution in [2.24, 2.45) is 0 Å². The van der Waals surface area contributed by atoms with E-state index in [1.165, 1.54) is 7.11 Å². The molecule has 4 nitrogen and oxygen atoms in total. The second-order valence-electron chi connectivity index (χ2n) is 4.93. The molecule has 6 heteroatoms. The second-order valence-corrected chi connectivity index (χ2v) is 6.61. The number of carbonyl (C=O) groups is 2. The van der Waals surface area contributed by atoms with Gasteiger partial charge < -0.3 is 4.74 Å². The van der Waals surface area contributed by atoms with Crippen molar-refractivity contribution in [3.63, 3.8) is 0 Å². The van der Waals surface area contributed by atoms with E-state index in [1.807, 2.05) is 30.3 Å². The zero-order chi connectivity index (χ0) is 17.1. The van der Waals surface area contributed by atoms with Gasteiger partial charge in [0.1, 0.15) is 5.75 Å². The van der Waals surface area contributed by atoms with Crippen LogP contribution in [0, 0.1) is 0 Å². The first kappa shape index (κ1) is 16.4. The van der Waals surface area contributed by atoms with Gasteiger partial charge in [-0.25, -0.2) is 4.90 Å². The molecule has 1 saturated heterocycles. The van der Waals surface area contributed by atoms with Gasteiger partial charge in [0.2, 0.25) is 0 Å². The Morgan fingerprint density at radius 3 is 2.50 bits per heavy atom. The van der Waals surface area contributed by atoms with Crippen LogP contribution in [0.5, 0.6) is 5.75 Å². The summed E-state index contributed by atoms with van der Waals surface area (Å²) in [5.41, 5.74) is 1.18. The molecule has 1 aliphatic rings. The Kier molecular flexibility index (Phi) is 4.78. The number of imide groups is 1. The van der Waals surface area contributed by atoms with Crippen LogP contribution in [-0.2, 0) is 4.79 Å². The molecule has 0 aliphatic carbocycles. The minimum absolute atomic E-state index is 0.220. The molecule has 0 aromatic heterocycles. The fraction of sp³-hybridized carbons (Fsp3) is 0.0556. The summed E-state index contributed by atoms with van der Waals surface area (Å²) in [6, 6.07) is 16.2. The van der Waals surface area contributed by atoms with Crippen LogP contribution in [0.15, 0.2) is 59.5 Å². The molecule has 2 aromatic carbocycles. The standard InChI is InChI=1S/C18H13NO3S2/c1-22-14-10-6-5-9-13(14)16(20)19-17(21)15(24-18(19)23)11-12-7-3-2-4-8-12/h2-11H,1H3/b15-11-.